The third kappa shape index (κ3) is 1.23. The number of ether oxygens (including phenoxy) is 2. The van der Waals surface area contributed by atoms with Gasteiger partial charge in [-0.2, -0.15) is 0 Å². The zero-order valence-electron chi connectivity index (χ0n) is 4.96. The van der Waals surface area contributed by atoms with Gasteiger partial charge in [-0.05, 0) is 13.0 Å². The molecule has 1 rings (SSSR count). The predicted octanol–water partition coefficient (Wildman–Crippen LogP) is 1.28. The van der Waals surface area contributed by atoms with Gasteiger partial charge in [0.2, 0.25) is 6.29 Å². The summed E-state index contributed by atoms with van der Waals surface area (Å²) in [6.07, 6.45) is 4.54. The van der Waals surface area contributed by atoms with Crippen LogP contribution in [0, 0.1) is 0 Å². The number of rotatable bonds is 2. The normalized spacial score (nSPS) is 25.9. The van der Waals surface area contributed by atoms with Crippen LogP contribution in [0.5, 0.6) is 0 Å². The van der Waals surface area contributed by atoms with Gasteiger partial charge in [0.1, 0.15) is 0 Å². The Morgan fingerprint density at radius 3 is 3.25 bits per heavy atom. The second-order valence-corrected chi connectivity index (χ2v) is 1.63. The van der Waals surface area contributed by atoms with Gasteiger partial charge in [0, 0.05) is 13.0 Å². The van der Waals surface area contributed by atoms with Gasteiger partial charge >= 0.3 is 0 Å². The molecule has 0 aromatic carbocycles. The van der Waals surface area contributed by atoms with Crippen molar-refractivity contribution in [2.45, 2.75) is 19.6 Å². The first-order valence-corrected chi connectivity index (χ1v) is 2.85. The van der Waals surface area contributed by atoms with Gasteiger partial charge in [0.15, 0.2) is 0 Å². The molecule has 8 heavy (non-hydrogen) atoms. The fraction of sp³-hybridized carbons (Fsp3) is 0.667. The quantitative estimate of drug-likeness (QED) is 0.538. The lowest BCUT2D eigenvalue weighted by Crippen LogP contribution is -2.09. The largest absolute Gasteiger partial charge is 0.473 e. The summed E-state index contributed by atoms with van der Waals surface area (Å²) in [6.45, 7) is 2.69. The lowest BCUT2D eigenvalue weighted by molar-refractivity contribution is -0.0868. The Morgan fingerprint density at radius 2 is 2.75 bits per heavy atom. The maximum Gasteiger partial charge on any atom is 0.202 e. The minimum atomic E-state index is -0.000000000000000222. The van der Waals surface area contributed by atoms with E-state index in [0.717, 1.165) is 13.0 Å². The highest BCUT2D eigenvalue weighted by Gasteiger charge is 2.08. The van der Waals surface area contributed by atoms with E-state index in [0.29, 0.717) is 0 Å². The van der Waals surface area contributed by atoms with E-state index in [4.69, 9.17) is 9.47 Å². The van der Waals surface area contributed by atoms with Crippen molar-refractivity contribution in [1.29, 1.82) is 0 Å². The first kappa shape index (κ1) is 5.63. The summed E-state index contributed by atoms with van der Waals surface area (Å²) in [7, 11) is 0. The molecule has 0 aliphatic carbocycles. The summed E-state index contributed by atoms with van der Waals surface area (Å²) in [5.74, 6) is 0. The van der Waals surface area contributed by atoms with Crippen LogP contribution in [0.15, 0.2) is 12.3 Å². The molecule has 0 bridgehead atoms. The SMILES string of the molecule is CCOC1CC=CO1. The Bertz CT molecular complexity index is 80.5. The first-order chi connectivity index (χ1) is 3.93. The van der Waals surface area contributed by atoms with E-state index in [1.165, 1.54) is 0 Å². The summed E-state index contributed by atoms with van der Waals surface area (Å²) in [5, 5.41) is 0. The molecule has 0 N–H and O–H groups in total. The molecule has 2 heteroatoms. The van der Waals surface area contributed by atoms with E-state index in [1.807, 2.05) is 13.0 Å². The zero-order valence-corrected chi connectivity index (χ0v) is 4.96. The molecule has 0 radical (unpaired) electrons. The van der Waals surface area contributed by atoms with Gasteiger partial charge in [0.25, 0.3) is 0 Å². The van der Waals surface area contributed by atoms with Crippen molar-refractivity contribution in [3.05, 3.63) is 12.3 Å². The van der Waals surface area contributed by atoms with E-state index in [9.17, 15) is 0 Å². The van der Waals surface area contributed by atoms with Crippen molar-refractivity contribution in [1.82, 2.24) is 0 Å². The van der Waals surface area contributed by atoms with E-state index in [1.54, 1.807) is 6.26 Å². The van der Waals surface area contributed by atoms with E-state index in [-0.39, 0.29) is 6.29 Å². The summed E-state index contributed by atoms with van der Waals surface area (Å²) >= 11 is 0. The topological polar surface area (TPSA) is 18.5 Å². The standard InChI is InChI=1S/C6H10O2/c1-2-7-6-4-3-5-8-6/h3,5-6H,2,4H2,1H3. The van der Waals surface area contributed by atoms with Gasteiger partial charge < -0.3 is 9.47 Å². The molecule has 1 atom stereocenters. The fourth-order valence-corrected chi connectivity index (χ4v) is 0.659. The van der Waals surface area contributed by atoms with Crippen molar-refractivity contribution in [2.75, 3.05) is 6.61 Å². The van der Waals surface area contributed by atoms with Gasteiger partial charge in [-0.1, -0.05) is 0 Å². The van der Waals surface area contributed by atoms with Gasteiger partial charge in [-0.25, -0.2) is 0 Å². The molecule has 0 aromatic heterocycles. The molecule has 0 fully saturated rings. The Labute approximate surface area is 49.1 Å². The molecule has 0 saturated carbocycles. The third-order valence-electron chi connectivity index (χ3n) is 1.01. The molecular weight excluding hydrogens is 104 g/mol. The first-order valence-electron chi connectivity index (χ1n) is 2.85. The molecule has 2 nitrogen and oxygen atoms in total. The predicted molar refractivity (Wildman–Crippen MR) is 30.3 cm³/mol. The molecule has 1 unspecified atom stereocenters. The molecule has 1 heterocycles. The lowest BCUT2D eigenvalue weighted by atomic mass is 10.4. The Hall–Kier alpha value is -0.500. The third-order valence-corrected chi connectivity index (χ3v) is 1.01. The second kappa shape index (κ2) is 2.72. The van der Waals surface area contributed by atoms with Crippen molar-refractivity contribution in [3.8, 4) is 0 Å². The van der Waals surface area contributed by atoms with E-state index >= 15 is 0 Å². The fourth-order valence-electron chi connectivity index (χ4n) is 0.659. The van der Waals surface area contributed by atoms with Crippen molar-refractivity contribution < 1.29 is 9.47 Å². The summed E-state index contributed by atoms with van der Waals surface area (Å²) in [4.78, 5) is 0. The van der Waals surface area contributed by atoms with Crippen molar-refractivity contribution >= 4 is 0 Å². The van der Waals surface area contributed by atoms with Crippen LogP contribution in [0.3, 0.4) is 0 Å². The minimum absolute atomic E-state index is 0.000000000000000222. The molecule has 0 amide bonds. The summed E-state index contributed by atoms with van der Waals surface area (Å²) in [6, 6.07) is 0. The van der Waals surface area contributed by atoms with Crippen LogP contribution in [0.4, 0.5) is 0 Å². The Morgan fingerprint density at radius 1 is 1.88 bits per heavy atom. The zero-order chi connectivity index (χ0) is 5.82. The monoisotopic (exact) mass is 114 g/mol. The highest BCUT2D eigenvalue weighted by atomic mass is 16.7. The van der Waals surface area contributed by atoms with Crippen LogP contribution in [0.25, 0.3) is 0 Å². The van der Waals surface area contributed by atoms with Crippen LogP contribution in [0.2, 0.25) is 0 Å². The van der Waals surface area contributed by atoms with Crippen LogP contribution >= 0.6 is 0 Å². The minimum Gasteiger partial charge on any atom is -0.473 e. The van der Waals surface area contributed by atoms with Gasteiger partial charge in [0.05, 0.1) is 6.26 Å². The summed E-state index contributed by atoms with van der Waals surface area (Å²) < 4.78 is 10.1. The van der Waals surface area contributed by atoms with E-state index < -0.39 is 0 Å². The Kier molecular flexibility index (Phi) is 1.92. The lowest BCUT2D eigenvalue weighted by Gasteiger charge is -2.07. The van der Waals surface area contributed by atoms with Crippen LogP contribution in [0.1, 0.15) is 13.3 Å². The van der Waals surface area contributed by atoms with Crippen LogP contribution in [-0.2, 0) is 9.47 Å². The van der Waals surface area contributed by atoms with E-state index in [2.05, 4.69) is 0 Å². The van der Waals surface area contributed by atoms with Gasteiger partial charge in [-0.3, -0.25) is 0 Å². The molecule has 0 saturated heterocycles. The second-order valence-electron chi connectivity index (χ2n) is 1.63. The van der Waals surface area contributed by atoms with Crippen LogP contribution in [-0.4, -0.2) is 12.9 Å². The van der Waals surface area contributed by atoms with Gasteiger partial charge in [-0.15, -0.1) is 0 Å². The smallest absolute Gasteiger partial charge is 0.202 e. The number of hydrogen-bond donors (Lipinski definition) is 0. The molecule has 0 aromatic rings. The van der Waals surface area contributed by atoms with Crippen molar-refractivity contribution in [2.24, 2.45) is 0 Å². The molecular formula is C6H10O2. The number of hydrogen-bond acceptors (Lipinski definition) is 2. The average molecular weight is 114 g/mol. The molecule has 46 valence electrons. The molecule has 1 aliphatic rings. The Balaban J connectivity index is 2.10. The maximum absolute atomic E-state index is 5.12. The highest BCUT2D eigenvalue weighted by molar-refractivity contribution is 4.82. The average Bonchev–Trinajstić information content (AvgIpc) is 2.19. The highest BCUT2D eigenvalue weighted by Crippen LogP contribution is 2.08. The summed E-state index contributed by atoms with van der Waals surface area (Å²) in [5.41, 5.74) is 0. The van der Waals surface area contributed by atoms with Crippen molar-refractivity contribution in [3.63, 3.8) is 0 Å². The molecule has 0 spiro atoms. The van der Waals surface area contributed by atoms with Crippen LogP contribution < -0.4 is 0 Å². The molecule has 1 aliphatic heterocycles. The maximum atomic E-state index is 5.12.